The van der Waals surface area contributed by atoms with Gasteiger partial charge >= 0.3 is 0 Å². The fourth-order valence-electron chi connectivity index (χ4n) is 4.20. The maximum absolute atomic E-state index is 12.9. The smallest absolute Gasteiger partial charge is 0.283 e. The molecule has 5 rings (SSSR count). The van der Waals surface area contributed by atoms with Crippen LogP contribution < -0.4 is 15.2 Å². The van der Waals surface area contributed by atoms with Crippen LogP contribution in [0.2, 0.25) is 0 Å². The first-order chi connectivity index (χ1) is 13.6. The lowest BCUT2D eigenvalue weighted by Gasteiger charge is -2.34. The molecule has 1 spiro atoms. The van der Waals surface area contributed by atoms with E-state index >= 15 is 0 Å². The van der Waals surface area contributed by atoms with Gasteiger partial charge in [0.25, 0.3) is 11.9 Å². The summed E-state index contributed by atoms with van der Waals surface area (Å²) in [5, 5.41) is 0. The summed E-state index contributed by atoms with van der Waals surface area (Å²) >= 11 is 0. The number of nitrogens with zero attached hydrogens (tertiary/aromatic N) is 2. The first-order valence-electron chi connectivity index (χ1n) is 9.39. The Balaban J connectivity index is 1.66. The van der Waals surface area contributed by atoms with Crippen molar-refractivity contribution in [2.24, 2.45) is 10.7 Å². The van der Waals surface area contributed by atoms with Gasteiger partial charge in [0.2, 0.25) is 0 Å². The average Bonchev–Trinajstić information content (AvgIpc) is 3.38. The number of nitrogens with two attached hydrogens (primary N) is 1. The Morgan fingerprint density at radius 1 is 1.14 bits per heavy atom. The van der Waals surface area contributed by atoms with Crippen molar-refractivity contribution in [1.82, 2.24) is 4.90 Å². The van der Waals surface area contributed by atoms with Crippen molar-refractivity contribution in [3.63, 3.8) is 0 Å². The van der Waals surface area contributed by atoms with Crippen molar-refractivity contribution in [1.29, 1.82) is 0 Å². The minimum atomic E-state index is -0.858. The van der Waals surface area contributed by atoms with Gasteiger partial charge in [-0.3, -0.25) is 4.79 Å². The van der Waals surface area contributed by atoms with E-state index in [1.54, 1.807) is 7.11 Å². The lowest BCUT2D eigenvalue weighted by Crippen LogP contribution is -2.32. The summed E-state index contributed by atoms with van der Waals surface area (Å²) in [6.45, 7) is 1.84. The first-order valence-corrected chi connectivity index (χ1v) is 9.39. The summed E-state index contributed by atoms with van der Waals surface area (Å²) < 4.78 is 17.1. The van der Waals surface area contributed by atoms with Gasteiger partial charge < -0.3 is 24.8 Å². The standard InChI is InChI=1S/C21H21N3O4/c1-26-14-5-7-18-16(11-14)21(12-27-20(22)23-21)15-10-13(4-6-17(15)28-18)19(25)24-8-2-3-9-24/h4-7,10-11H,2-3,8-9,12H2,1H3,(H2,22,23). The number of rotatable bonds is 2. The van der Waals surface area contributed by atoms with Gasteiger partial charge in [-0.2, -0.15) is 0 Å². The number of ether oxygens (including phenoxy) is 3. The lowest BCUT2D eigenvalue weighted by atomic mass is 9.80. The van der Waals surface area contributed by atoms with Crippen molar-refractivity contribution in [2.45, 2.75) is 18.4 Å². The van der Waals surface area contributed by atoms with E-state index in [4.69, 9.17) is 19.9 Å². The third kappa shape index (κ3) is 2.42. The highest BCUT2D eigenvalue weighted by molar-refractivity contribution is 5.95. The molecule has 3 heterocycles. The molecule has 0 bridgehead atoms. The van der Waals surface area contributed by atoms with E-state index in [9.17, 15) is 4.79 Å². The van der Waals surface area contributed by atoms with Crippen LogP contribution in [0.4, 0.5) is 0 Å². The number of hydrogen-bond acceptors (Lipinski definition) is 6. The van der Waals surface area contributed by atoms with Gasteiger partial charge in [0.15, 0.2) is 5.54 Å². The zero-order valence-electron chi connectivity index (χ0n) is 15.6. The van der Waals surface area contributed by atoms with Crippen molar-refractivity contribution in [3.8, 4) is 17.2 Å². The highest BCUT2D eigenvalue weighted by Gasteiger charge is 2.47. The van der Waals surface area contributed by atoms with Gasteiger partial charge in [-0.05, 0) is 49.2 Å². The molecule has 1 fully saturated rings. The van der Waals surface area contributed by atoms with Gasteiger partial charge in [0.1, 0.15) is 23.9 Å². The van der Waals surface area contributed by atoms with Crippen LogP contribution >= 0.6 is 0 Å². The van der Waals surface area contributed by atoms with E-state index in [0.29, 0.717) is 22.8 Å². The van der Waals surface area contributed by atoms with Crippen LogP contribution in [0.25, 0.3) is 0 Å². The Bertz CT molecular complexity index is 997. The summed E-state index contributed by atoms with van der Waals surface area (Å²) in [6, 6.07) is 11.2. The number of likely N-dealkylation sites (tertiary alicyclic amines) is 1. The fraction of sp³-hybridized carbons (Fsp3) is 0.333. The molecule has 144 valence electrons. The zero-order chi connectivity index (χ0) is 19.3. The molecule has 3 aliphatic heterocycles. The summed E-state index contributed by atoms with van der Waals surface area (Å²) in [5.74, 6) is 2.05. The molecule has 0 radical (unpaired) electrons. The van der Waals surface area contributed by atoms with Crippen molar-refractivity contribution in [3.05, 3.63) is 53.1 Å². The van der Waals surface area contributed by atoms with Crippen molar-refractivity contribution < 1.29 is 19.0 Å². The molecule has 3 aliphatic rings. The Labute approximate surface area is 162 Å². The largest absolute Gasteiger partial charge is 0.497 e. The topological polar surface area (TPSA) is 86.4 Å². The van der Waals surface area contributed by atoms with E-state index < -0.39 is 5.54 Å². The van der Waals surface area contributed by atoms with E-state index in [-0.39, 0.29) is 18.5 Å². The number of fused-ring (bicyclic) bond motifs is 4. The molecule has 1 unspecified atom stereocenters. The number of methoxy groups -OCH3 is 1. The normalized spacial score (nSPS) is 22.2. The second kappa shape index (κ2) is 6.15. The van der Waals surface area contributed by atoms with Crippen LogP contribution in [0.15, 0.2) is 41.4 Å². The average molecular weight is 379 g/mol. The van der Waals surface area contributed by atoms with Gasteiger partial charge in [-0.1, -0.05) is 0 Å². The Morgan fingerprint density at radius 3 is 2.54 bits per heavy atom. The first kappa shape index (κ1) is 16.9. The van der Waals surface area contributed by atoms with E-state index in [1.165, 1.54) is 0 Å². The maximum Gasteiger partial charge on any atom is 0.283 e. The van der Waals surface area contributed by atoms with Crippen LogP contribution in [0.1, 0.15) is 34.3 Å². The molecule has 7 nitrogen and oxygen atoms in total. The summed E-state index contributed by atoms with van der Waals surface area (Å²) in [7, 11) is 1.61. The van der Waals surface area contributed by atoms with Gasteiger partial charge in [-0.25, -0.2) is 4.99 Å². The SMILES string of the molecule is COc1ccc2c(c1)C1(COC(N)=N1)c1cc(C(=O)N3CCCC3)ccc1O2. The highest BCUT2D eigenvalue weighted by Crippen LogP contribution is 2.51. The van der Waals surface area contributed by atoms with E-state index in [0.717, 1.165) is 37.1 Å². The zero-order valence-corrected chi connectivity index (χ0v) is 15.6. The molecule has 7 heteroatoms. The molecule has 0 aliphatic carbocycles. The second-order valence-corrected chi connectivity index (χ2v) is 7.27. The number of benzene rings is 2. The van der Waals surface area contributed by atoms with Gasteiger partial charge in [0.05, 0.1) is 7.11 Å². The molecule has 1 saturated heterocycles. The Hall–Kier alpha value is -3.22. The van der Waals surface area contributed by atoms with Crippen LogP contribution in [-0.2, 0) is 10.3 Å². The Kier molecular flexibility index (Phi) is 3.72. The minimum Gasteiger partial charge on any atom is -0.497 e. The van der Waals surface area contributed by atoms with Crippen molar-refractivity contribution in [2.75, 3.05) is 26.8 Å². The van der Waals surface area contributed by atoms with Crippen LogP contribution in [0.3, 0.4) is 0 Å². The number of aliphatic imine (C=N–C) groups is 1. The molecule has 1 atom stereocenters. The monoisotopic (exact) mass is 379 g/mol. The predicted octanol–water partition coefficient (Wildman–Crippen LogP) is 2.63. The van der Waals surface area contributed by atoms with E-state index in [1.807, 2.05) is 41.3 Å². The molecule has 0 aromatic heterocycles. The fourth-order valence-corrected chi connectivity index (χ4v) is 4.20. The van der Waals surface area contributed by atoms with Crippen LogP contribution in [-0.4, -0.2) is 43.6 Å². The predicted molar refractivity (Wildman–Crippen MR) is 103 cm³/mol. The molecule has 2 aromatic rings. The van der Waals surface area contributed by atoms with Gasteiger partial charge in [-0.15, -0.1) is 0 Å². The van der Waals surface area contributed by atoms with Crippen LogP contribution in [0.5, 0.6) is 17.2 Å². The molecular formula is C21H21N3O4. The Morgan fingerprint density at radius 2 is 1.86 bits per heavy atom. The van der Waals surface area contributed by atoms with Crippen molar-refractivity contribution >= 4 is 11.9 Å². The molecular weight excluding hydrogens is 358 g/mol. The molecule has 28 heavy (non-hydrogen) atoms. The quantitative estimate of drug-likeness (QED) is 0.867. The third-order valence-corrected chi connectivity index (χ3v) is 5.65. The van der Waals surface area contributed by atoms with E-state index in [2.05, 4.69) is 4.99 Å². The summed E-state index contributed by atoms with van der Waals surface area (Å²) in [5.41, 5.74) is 7.25. The third-order valence-electron chi connectivity index (χ3n) is 5.65. The molecule has 1 amide bonds. The number of carbonyl (C=O) groups is 1. The van der Waals surface area contributed by atoms with Crippen LogP contribution in [0, 0.1) is 0 Å². The highest BCUT2D eigenvalue weighted by atomic mass is 16.5. The van der Waals surface area contributed by atoms with Gasteiger partial charge in [0, 0.05) is 29.8 Å². The molecule has 0 saturated carbocycles. The second-order valence-electron chi connectivity index (χ2n) is 7.27. The molecule has 2 aromatic carbocycles. The summed E-state index contributed by atoms with van der Waals surface area (Å²) in [6.07, 6.45) is 2.09. The number of amides is 1. The lowest BCUT2D eigenvalue weighted by molar-refractivity contribution is 0.0792. The number of carbonyl (C=O) groups excluding carboxylic acids is 1. The number of hydrogen-bond donors (Lipinski definition) is 1. The molecule has 2 N–H and O–H groups in total. The number of amidine groups is 1. The summed E-state index contributed by atoms with van der Waals surface area (Å²) in [4.78, 5) is 19.5. The maximum atomic E-state index is 12.9. The minimum absolute atomic E-state index is 0.0303.